The number of carbonyl (C=O) groups is 1. The summed E-state index contributed by atoms with van der Waals surface area (Å²) in [5.74, 6) is 0.716. The Morgan fingerprint density at radius 2 is 2.08 bits per heavy atom. The molecule has 0 aliphatic heterocycles. The first-order chi connectivity index (χ1) is 11.7. The predicted molar refractivity (Wildman–Crippen MR) is 90.2 cm³/mol. The van der Waals surface area contributed by atoms with Crippen LogP contribution in [0.15, 0.2) is 54.9 Å². The second-order valence-corrected chi connectivity index (χ2v) is 5.14. The van der Waals surface area contributed by atoms with E-state index in [-0.39, 0.29) is 11.4 Å². The van der Waals surface area contributed by atoms with Gasteiger partial charge in [0.15, 0.2) is 11.6 Å². The molecule has 0 spiro atoms. The quantitative estimate of drug-likeness (QED) is 0.764. The molecule has 0 saturated heterocycles. The van der Waals surface area contributed by atoms with Crippen molar-refractivity contribution in [3.05, 3.63) is 65.4 Å². The van der Waals surface area contributed by atoms with Gasteiger partial charge in [0, 0.05) is 16.9 Å². The van der Waals surface area contributed by atoms with Crippen molar-refractivity contribution < 1.29 is 4.79 Å². The number of rotatable bonds is 3. The molecule has 0 aliphatic rings. The summed E-state index contributed by atoms with van der Waals surface area (Å²) >= 11 is 5.89. The lowest BCUT2D eigenvalue weighted by atomic mass is 10.3. The lowest BCUT2D eigenvalue weighted by Gasteiger charge is -2.10. The van der Waals surface area contributed by atoms with E-state index in [9.17, 15) is 10.1 Å². The first kappa shape index (κ1) is 15.5. The molecule has 8 heteroatoms. The number of anilines is 2. The van der Waals surface area contributed by atoms with Crippen molar-refractivity contribution in [2.24, 2.45) is 0 Å². The maximum Gasteiger partial charge on any atom is 0.324 e. The summed E-state index contributed by atoms with van der Waals surface area (Å²) < 4.78 is 1.39. The van der Waals surface area contributed by atoms with Crippen LogP contribution < -0.4 is 10.6 Å². The number of urea groups is 1. The van der Waals surface area contributed by atoms with Crippen molar-refractivity contribution in [1.29, 1.82) is 5.26 Å². The normalized spacial score (nSPS) is 10.0. The Bertz CT molecular complexity index is 916. The zero-order valence-electron chi connectivity index (χ0n) is 12.3. The van der Waals surface area contributed by atoms with E-state index in [2.05, 4.69) is 20.7 Å². The van der Waals surface area contributed by atoms with Crippen LogP contribution in [0.25, 0.3) is 5.82 Å². The van der Waals surface area contributed by atoms with Crippen LogP contribution in [0, 0.1) is 11.3 Å². The monoisotopic (exact) mass is 338 g/mol. The highest BCUT2D eigenvalue weighted by Gasteiger charge is 2.15. The molecule has 0 saturated carbocycles. The minimum absolute atomic E-state index is 0.224. The van der Waals surface area contributed by atoms with Gasteiger partial charge in [-0.25, -0.2) is 9.78 Å². The number of hydrogen-bond donors (Lipinski definition) is 2. The first-order valence-electron chi connectivity index (χ1n) is 6.90. The van der Waals surface area contributed by atoms with Gasteiger partial charge < -0.3 is 5.32 Å². The number of hydrogen-bond acceptors (Lipinski definition) is 4. The zero-order chi connectivity index (χ0) is 16.9. The number of carbonyl (C=O) groups excluding carboxylic acids is 1. The van der Waals surface area contributed by atoms with Gasteiger partial charge in [0.05, 0.1) is 6.20 Å². The molecule has 0 unspecified atom stereocenters. The Labute approximate surface area is 142 Å². The van der Waals surface area contributed by atoms with Gasteiger partial charge in [-0.05, 0) is 30.3 Å². The van der Waals surface area contributed by atoms with Crippen molar-refractivity contribution in [1.82, 2.24) is 14.8 Å². The number of amides is 2. The number of nitriles is 1. The molecule has 2 heterocycles. The SMILES string of the molecule is N#Cc1cnn(-c2ccccn2)c1NC(=O)Nc1cccc(Cl)c1. The second-order valence-electron chi connectivity index (χ2n) is 4.71. The van der Waals surface area contributed by atoms with Crippen LogP contribution >= 0.6 is 11.6 Å². The Balaban J connectivity index is 1.85. The largest absolute Gasteiger partial charge is 0.324 e. The van der Waals surface area contributed by atoms with Crippen LogP contribution in [0.1, 0.15) is 5.56 Å². The van der Waals surface area contributed by atoms with Gasteiger partial charge in [0.25, 0.3) is 0 Å². The van der Waals surface area contributed by atoms with Crippen LogP contribution in [0.4, 0.5) is 16.3 Å². The van der Waals surface area contributed by atoms with Gasteiger partial charge in [0.1, 0.15) is 11.6 Å². The average Bonchev–Trinajstić information content (AvgIpc) is 2.98. The second kappa shape index (κ2) is 6.81. The highest BCUT2D eigenvalue weighted by atomic mass is 35.5. The summed E-state index contributed by atoms with van der Waals surface area (Å²) in [6.07, 6.45) is 2.96. The number of halogens is 1. The van der Waals surface area contributed by atoms with Gasteiger partial charge in [-0.3, -0.25) is 5.32 Å². The van der Waals surface area contributed by atoms with E-state index in [0.717, 1.165) is 0 Å². The molecule has 0 radical (unpaired) electrons. The molecule has 1 aromatic carbocycles. The van der Waals surface area contributed by atoms with E-state index in [1.165, 1.54) is 10.9 Å². The van der Waals surface area contributed by atoms with E-state index in [4.69, 9.17) is 11.6 Å². The number of pyridine rings is 1. The van der Waals surface area contributed by atoms with Crippen molar-refractivity contribution >= 4 is 29.1 Å². The Kier molecular flexibility index (Phi) is 4.40. The summed E-state index contributed by atoms with van der Waals surface area (Å²) in [7, 11) is 0. The molecule has 0 atom stereocenters. The summed E-state index contributed by atoms with van der Waals surface area (Å²) in [5.41, 5.74) is 0.754. The third-order valence-corrected chi connectivity index (χ3v) is 3.31. The molecule has 2 amide bonds. The van der Waals surface area contributed by atoms with Crippen LogP contribution in [-0.2, 0) is 0 Å². The standard InChI is InChI=1S/C16H11ClN6O/c17-12-4-3-5-13(8-12)21-16(24)22-15-11(9-18)10-20-23(15)14-6-1-2-7-19-14/h1-8,10H,(H2,21,22,24). The highest BCUT2D eigenvalue weighted by Crippen LogP contribution is 2.19. The summed E-state index contributed by atoms with van der Waals surface area (Å²) in [6.45, 7) is 0. The molecule has 118 valence electrons. The zero-order valence-corrected chi connectivity index (χ0v) is 13.0. The molecular formula is C16H11ClN6O. The number of nitrogens with one attached hydrogen (secondary N) is 2. The average molecular weight is 339 g/mol. The number of nitrogens with zero attached hydrogens (tertiary/aromatic N) is 4. The van der Waals surface area contributed by atoms with Crippen LogP contribution in [-0.4, -0.2) is 20.8 Å². The van der Waals surface area contributed by atoms with Crippen LogP contribution in [0.2, 0.25) is 5.02 Å². The van der Waals surface area contributed by atoms with Gasteiger partial charge in [-0.2, -0.15) is 15.0 Å². The fraction of sp³-hybridized carbons (Fsp3) is 0. The van der Waals surface area contributed by atoms with Crippen molar-refractivity contribution in [3.63, 3.8) is 0 Å². The van der Waals surface area contributed by atoms with Crippen LogP contribution in [0.5, 0.6) is 0 Å². The van der Waals surface area contributed by atoms with E-state index in [1.54, 1.807) is 48.7 Å². The lowest BCUT2D eigenvalue weighted by molar-refractivity contribution is 0.262. The summed E-state index contributed by atoms with van der Waals surface area (Å²) in [6, 6.07) is 13.5. The molecule has 24 heavy (non-hydrogen) atoms. The molecule has 7 nitrogen and oxygen atoms in total. The first-order valence-corrected chi connectivity index (χ1v) is 7.28. The van der Waals surface area contributed by atoms with Crippen molar-refractivity contribution in [2.75, 3.05) is 10.6 Å². The Morgan fingerprint density at radius 3 is 2.79 bits per heavy atom. The van der Waals surface area contributed by atoms with E-state index < -0.39 is 6.03 Å². The molecule has 0 fully saturated rings. The topological polar surface area (TPSA) is 95.6 Å². The molecule has 3 rings (SSSR count). The van der Waals surface area contributed by atoms with Crippen molar-refractivity contribution in [3.8, 4) is 11.9 Å². The molecule has 3 aromatic rings. The fourth-order valence-electron chi connectivity index (χ4n) is 2.04. The molecule has 2 aromatic heterocycles. The minimum atomic E-state index is -0.522. The van der Waals surface area contributed by atoms with Crippen molar-refractivity contribution in [2.45, 2.75) is 0 Å². The fourth-order valence-corrected chi connectivity index (χ4v) is 2.23. The van der Waals surface area contributed by atoms with E-state index in [1.807, 2.05) is 6.07 Å². The third kappa shape index (κ3) is 3.34. The molecule has 2 N–H and O–H groups in total. The van der Waals surface area contributed by atoms with Crippen LogP contribution in [0.3, 0.4) is 0 Å². The van der Waals surface area contributed by atoms with Gasteiger partial charge in [-0.1, -0.05) is 23.7 Å². The summed E-state index contributed by atoms with van der Waals surface area (Å²) in [4.78, 5) is 16.4. The number of benzene rings is 1. The minimum Gasteiger partial charge on any atom is -0.308 e. The molecular weight excluding hydrogens is 328 g/mol. The molecule has 0 bridgehead atoms. The third-order valence-electron chi connectivity index (χ3n) is 3.07. The molecule has 0 aliphatic carbocycles. The Morgan fingerprint density at radius 1 is 1.21 bits per heavy atom. The Hall–Kier alpha value is -3.37. The highest BCUT2D eigenvalue weighted by molar-refractivity contribution is 6.30. The van der Waals surface area contributed by atoms with Gasteiger partial charge >= 0.3 is 6.03 Å². The maximum absolute atomic E-state index is 12.2. The lowest BCUT2D eigenvalue weighted by Crippen LogP contribution is -2.22. The summed E-state index contributed by atoms with van der Waals surface area (Å²) in [5, 5.41) is 19.1. The predicted octanol–water partition coefficient (Wildman–Crippen LogP) is 3.44. The number of aromatic nitrogens is 3. The van der Waals surface area contributed by atoms with E-state index >= 15 is 0 Å². The van der Waals surface area contributed by atoms with E-state index in [0.29, 0.717) is 16.5 Å². The smallest absolute Gasteiger partial charge is 0.308 e. The maximum atomic E-state index is 12.2. The van der Waals surface area contributed by atoms with Gasteiger partial charge in [0.2, 0.25) is 0 Å². The van der Waals surface area contributed by atoms with Gasteiger partial charge in [-0.15, -0.1) is 0 Å².